The minimum absolute atomic E-state index is 0.0701. The second-order valence-corrected chi connectivity index (χ2v) is 4.79. The maximum Gasteiger partial charge on any atom is 0.237 e. The Morgan fingerprint density at radius 1 is 1.33 bits per heavy atom. The van der Waals surface area contributed by atoms with Gasteiger partial charge in [0.15, 0.2) is 0 Å². The first-order valence-electron chi connectivity index (χ1n) is 6.27. The lowest BCUT2D eigenvalue weighted by Crippen LogP contribution is -2.46. The highest BCUT2D eigenvalue weighted by Gasteiger charge is 2.16. The highest BCUT2D eigenvalue weighted by atomic mass is 16.3. The number of amides is 1. The number of hydrogen-bond acceptors (Lipinski definition) is 3. The molecule has 4 heteroatoms. The highest BCUT2D eigenvalue weighted by Crippen LogP contribution is 2.03. The fourth-order valence-corrected chi connectivity index (χ4v) is 1.88. The van der Waals surface area contributed by atoms with Crippen LogP contribution in [0.3, 0.4) is 0 Å². The standard InChI is InChI=1S/C14H22N2O2/c1-10(8-11(2)17)16-14(18)13(15)9-12-6-4-3-5-7-12/h3-7,10-11,13,17H,8-9,15H2,1-2H3,(H,16,18). The van der Waals surface area contributed by atoms with Crippen LogP contribution in [0.5, 0.6) is 0 Å². The predicted octanol–water partition coefficient (Wildman–Crippen LogP) is 0.832. The molecule has 3 atom stereocenters. The Hall–Kier alpha value is -1.39. The van der Waals surface area contributed by atoms with E-state index < -0.39 is 12.1 Å². The summed E-state index contributed by atoms with van der Waals surface area (Å²) in [6, 6.07) is 9.06. The smallest absolute Gasteiger partial charge is 0.237 e. The van der Waals surface area contributed by atoms with Gasteiger partial charge >= 0.3 is 0 Å². The van der Waals surface area contributed by atoms with E-state index in [9.17, 15) is 9.90 Å². The monoisotopic (exact) mass is 250 g/mol. The summed E-state index contributed by atoms with van der Waals surface area (Å²) in [6.45, 7) is 3.56. The van der Waals surface area contributed by atoms with E-state index >= 15 is 0 Å². The van der Waals surface area contributed by atoms with Crippen molar-refractivity contribution in [1.82, 2.24) is 5.32 Å². The molecule has 1 aromatic rings. The molecule has 0 saturated carbocycles. The second-order valence-electron chi connectivity index (χ2n) is 4.79. The summed E-state index contributed by atoms with van der Waals surface area (Å²) in [4.78, 5) is 11.8. The molecule has 0 fully saturated rings. The van der Waals surface area contributed by atoms with Crippen molar-refractivity contribution in [3.63, 3.8) is 0 Å². The molecular formula is C14H22N2O2. The first-order valence-corrected chi connectivity index (χ1v) is 6.27. The van der Waals surface area contributed by atoms with Crippen molar-refractivity contribution >= 4 is 5.91 Å². The van der Waals surface area contributed by atoms with Gasteiger partial charge in [-0.1, -0.05) is 30.3 Å². The largest absolute Gasteiger partial charge is 0.393 e. The Morgan fingerprint density at radius 3 is 2.50 bits per heavy atom. The number of benzene rings is 1. The quantitative estimate of drug-likeness (QED) is 0.700. The molecule has 0 aromatic heterocycles. The summed E-state index contributed by atoms with van der Waals surface area (Å²) in [7, 11) is 0. The van der Waals surface area contributed by atoms with E-state index in [1.807, 2.05) is 37.3 Å². The van der Waals surface area contributed by atoms with E-state index in [0.717, 1.165) is 5.56 Å². The summed E-state index contributed by atoms with van der Waals surface area (Å²) >= 11 is 0. The number of nitrogens with two attached hydrogens (primary N) is 1. The van der Waals surface area contributed by atoms with Gasteiger partial charge < -0.3 is 16.2 Å². The second kappa shape index (κ2) is 7.13. The van der Waals surface area contributed by atoms with E-state index in [1.54, 1.807) is 6.92 Å². The first-order chi connectivity index (χ1) is 8.49. The molecule has 0 spiro atoms. The number of aliphatic hydroxyl groups is 1. The number of hydrogen-bond donors (Lipinski definition) is 3. The van der Waals surface area contributed by atoms with Crippen LogP contribution in [0.4, 0.5) is 0 Å². The van der Waals surface area contributed by atoms with Crippen LogP contribution < -0.4 is 11.1 Å². The van der Waals surface area contributed by atoms with Crippen molar-refractivity contribution in [2.24, 2.45) is 5.73 Å². The fourth-order valence-electron chi connectivity index (χ4n) is 1.88. The van der Waals surface area contributed by atoms with E-state index in [-0.39, 0.29) is 11.9 Å². The van der Waals surface area contributed by atoms with Crippen LogP contribution in [0.1, 0.15) is 25.8 Å². The third-order valence-corrected chi connectivity index (χ3v) is 2.72. The van der Waals surface area contributed by atoms with Crippen LogP contribution in [0, 0.1) is 0 Å². The van der Waals surface area contributed by atoms with E-state index in [1.165, 1.54) is 0 Å². The number of rotatable bonds is 6. The zero-order chi connectivity index (χ0) is 13.5. The molecule has 100 valence electrons. The molecule has 4 nitrogen and oxygen atoms in total. The van der Waals surface area contributed by atoms with Crippen molar-refractivity contribution in [1.29, 1.82) is 0 Å². The molecule has 0 aliphatic rings. The van der Waals surface area contributed by atoms with Gasteiger partial charge in [0.05, 0.1) is 12.1 Å². The van der Waals surface area contributed by atoms with Crippen LogP contribution in [-0.4, -0.2) is 29.2 Å². The van der Waals surface area contributed by atoms with Gasteiger partial charge in [0.2, 0.25) is 5.91 Å². The minimum Gasteiger partial charge on any atom is -0.393 e. The first kappa shape index (κ1) is 14.7. The lowest BCUT2D eigenvalue weighted by Gasteiger charge is -2.18. The molecule has 1 amide bonds. The molecule has 18 heavy (non-hydrogen) atoms. The number of nitrogens with one attached hydrogen (secondary N) is 1. The van der Waals surface area contributed by atoms with Crippen molar-refractivity contribution < 1.29 is 9.90 Å². The number of carbonyl (C=O) groups excluding carboxylic acids is 1. The van der Waals surface area contributed by atoms with Gasteiger partial charge in [-0.05, 0) is 32.3 Å². The van der Waals surface area contributed by atoms with Gasteiger partial charge in [-0.3, -0.25) is 4.79 Å². The minimum atomic E-state index is -0.552. The van der Waals surface area contributed by atoms with Crippen molar-refractivity contribution in [2.45, 2.75) is 44.9 Å². The average Bonchev–Trinajstić information content (AvgIpc) is 2.28. The van der Waals surface area contributed by atoms with Crippen molar-refractivity contribution in [3.8, 4) is 0 Å². The van der Waals surface area contributed by atoms with Crippen LogP contribution in [0.2, 0.25) is 0 Å². The normalized spacial score (nSPS) is 15.8. The molecule has 0 saturated heterocycles. The third kappa shape index (κ3) is 5.29. The van der Waals surface area contributed by atoms with E-state index in [4.69, 9.17) is 5.73 Å². The summed E-state index contributed by atoms with van der Waals surface area (Å²) in [5.74, 6) is -0.174. The van der Waals surface area contributed by atoms with Gasteiger partial charge in [0.25, 0.3) is 0 Å². The van der Waals surface area contributed by atoms with E-state index in [2.05, 4.69) is 5.32 Å². The Balaban J connectivity index is 2.42. The van der Waals surface area contributed by atoms with Crippen molar-refractivity contribution in [2.75, 3.05) is 0 Å². The Bertz CT molecular complexity index is 365. The summed E-state index contributed by atoms with van der Waals surface area (Å²) in [6.07, 6.45) is 0.628. The van der Waals surface area contributed by atoms with Gasteiger partial charge in [-0.2, -0.15) is 0 Å². The van der Waals surface area contributed by atoms with Gasteiger partial charge in [0, 0.05) is 6.04 Å². The Morgan fingerprint density at radius 2 is 1.94 bits per heavy atom. The summed E-state index contributed by atoms with van der Waals surface area (Å²) < 4.78 is 0. The van der Waals surface area contributed by atoms with Crippen LogP contribution in [0.25, 0.3) is 0 Å². The van der Waals surface area contributed by atoms with Gasteiger partial charge in [0.1, 0.15) is 0 Å². The van der Waals surface area contributed by atoms with Crippen LogP contribution >= 0.6 is 0 Å². The topological polar surface area (TPSA) is 75.3 Å². The third-order valence-electron chi connectivity index (χ3n) is 2.72. The molecule has 0 aliphatic carbocycles. The lowest BCUT2D eigenvalue weighted by molar-refractivity contribution is -0.123. The molecule has 4 N–H and O–H groups in total. The zero-order valence-electron chi connectivity index (χ0n) is 11.0. The molecule has 0 radical (unpaired) electrons. The van der Waals surface area contributed by atoms with E-state index in [0.29, 0.717) is 12.8 Å². The number of carbonyl (C=O) groups is 1. The highest BCUT2D eigenvalue weighted by molar-refractivity contribution is 5.82. The molecule has 0 heterocycles. The van der Waals surface area contributed by atoms with Crippen LogP contribution in [-0.2, 0) is 11.2 Å². The Labute approximate surface area is 108 Å². The fraction of sp³-hybridized carbons (Fsp3) is 0.500. The molecule has 1 aromatic carbocycles. The van der Waals surface area contributed by atoms with Gasteiger partial charge in [-0.15, -0.1) is 0 Å². The summed E-state index contributed by atoms with van der Waals surface area (Å²) in [5.41, 5.74) is 6.90. The average molecular weight is 250 g/mol. The Kier molecular flexibility index (Phi) is 5.82. The molecule has 0 aliphatic heterocycles. The number of aliphatic hydroxyl groups excluding tert-OH is 1. The van der Waals surface area contributed by atoms with Crippen LogP contribution in [0.15, 0.2) is 30.3 Å². The zero-order valence-corrected chi connectivity index (χ0v) is 11.0. The van der Waals surface area contributed by atoms with Gasteiger partial charge in [-0.25, -0.2) is 0 Å². The molecular weight excluding hydrogens is 228 g/mol. The van der Waals surface area contributed by atoms with Crippen molar-refractivity contribution in [3.05, 3.63) is 35.9 Å². The molecule has 1 rings (SSSR count). The molecule has 0 bridgehead atoms. The summed E-state index contributed by atoms with van der Waals surface area (Å²) in [5, 5.41) is 12.0. The molecule has 3 unspecified atom stereocenters. The SMILES string of the molecule is CC(O)CC(C)NC(=O)C(N)Cc1ccccc1. The lowest BCUT2D eigenvalue weighted by atomic mass is 10.1. The maximum atomic E-state index is 11.8. The predicted molar refractivity (Wildman–Crippen MR) is 72.0 cm³/mol. The maximum absolute atomic E-state index is 11.8.